The maximum Gasteiger partial charge on any atom is 1.00 e. The molecule has 3 heterocycles. The number of esters is 1. The van der Waals surface area contributed by atoms with Crippen molar-refractivity contribution in [1.29, 1.82) is 0 Å². The van der Waals surface area contributed by atoms with Crippen LogP contribution in [0.3, 0.4) is 0 Å². The van der Waals surface area contributed by atoms with Gasteiger partial charge in [-0.2, -0.15) is 9.36 Å². The van der Waals surface area contributed by atoms with E-state index in [0.29, 0.717) is 0 Å². The van der Waals surface area contributed by atoms with Crippen LogP contribution in [0.15, 0.2) is 29.1 Å². The Morgan fingerprint density at radius 3 is 2.76 bits per heavy atom. The Hall–Kier alpha value is -2.46. The van der Waals surface area contributed by atoms with Gasteiger partial charge in [-0.15, -0.1) is 11.8 Å². The van der Waals surface area contributed by atoms with E-state index in [9.17, 15) is 24.3 Å². The summed E-state index contributed by atoms with van der Waals surface area (Å²) in [4.78, 5) is 58.0. The number of fused-ring (bicyclic) bond motifs is 1. The molecule has 2 amide bonds. The minimum Gasteiger partial charge on any atom is -0.543 e. The van der Waals surface area contributed by atoms with E-state index >= 15 is 0 Å². The van der Waals surface area contributed by atoms with Crippen LogP contribution in [-0.4, -0.2) is 74.1 Å². The molecule has 1 aromatic heterocycles. The SMILES string of the molecule is C=CCON=C(C(=O)NC1C(=O)N2C(C(=O)[O-])=C(COC(C)=O)CS[C@H]12)c1nsc(N)n1.[Na+]. The smallest absolute Gasteiger partial charge is 0.543 e. The fourth-order valence-electron chi connectivity index (χ4n) is 2.85. The van der Waals surface area contributed by atoms with Crippen LogP contribution in [0.1, 0.15) is 12.7 Å². The molecule has 2 atom stereocenters. The number of anilines is 1. The van der Waals surface area contributed by atoms with E-state index in [4.69, 9.17) is 15.3 Å². The molecule has 1 aromatic rings. The molecule has 3 N–H and O–H groups in total. The Morgan fingerprint density at radius 2 is 2.18 bits per heavy atom. The van der Waals surface area contributed by atoms with Crippen molar-refractivity contribution in [3.05, 3.63) is 29.7 Å². The van der Waals surface area contributed by atoms with Crippen LogP contribution < -0.4 is 45.7 Å². The van der Waals surface area contributed by atoms with Crippen molar-refractivity contribution in [2.45, 2.75) is 18.3 Å². The average Bonchev–Trinajstić information content (AvgIpc) is 3.18. The van der Waals surface area contributed by atoms with Gasteiger partial charge < -0.3 is 30.5 Å². The molecule has 2 aliphatic heterocycles. The van der Waals surface area contributed by atoms with Gasteiger partial charge in [0.25, 0.3) is 11.8 Å². The standard InChI is InChI=1S/C17H18N6O7S2.Na/c1-3-4-30-21-9(12-20-17(18)32-22-12)13(25)19-10-14(26)23-11(16(27)28)8(5-29-7(2)24)6-31-15(10)23;/h3,10,15H,1,4-6H2,2H3,(H,19,25)(H,27,28)(H2,18,20,22);/q;+1/p-1/t10?,15-;/m1./s1. The number of carboxylic acid groups (broad SMARTS) is 1. The molecule has 0 aromatic carbocycles. The number of carbonyl (C=O) groups is 4. The number of rotatable bonds is 9. The van der Waals surface area contributed by atoms with Crippen LogP contribution in [0.5, 0.6) is 0 Å². The summed E-state index contributed by atoms with van der Waals surface area (Å²) in [6.07, 6.45) is 1.41. The van der Waals surface area contributed by atoms with Crippen LogP contribution in [0.2, 0.25) is 0 Å². The summed E-state index contributed by atoms with van der Waals surface area (Å²) < 4.78 is 8.78. The third kappa shape index (κ3) is 5.92. The van der Waals surface area contributed by atoms with Gasteiger partial charge in [-0.1, -0.05) is 17.8 Å². The first kappa shape index (κ1) is 26.8. The number of nitrogen functional groups attached to an aromatic ring is 1. The first-order chi connectivity index (χ1) is 15.2. The quantitative estimate of drug-likeness (QED) is 0.0623. The first-order valence-electron chi connectivity index (χ1n) is 8.97. The number of aliphatic carboxylic acids is 1. The number of amides is 2. The maximum absolute atomic E-state index is 12.8. The molecule has 0 radical (unpaired) electrons. The van der Waals surface area contributed by atoms with Crippen LogP contribution in [0.25, 0.3) is 0 Å². The number of hydrogen-bond donors (Lipinski definition) is 2. The van der Waals surface area contributed by atoms with E-state index in [1.807, 2.05) is 0 Å². The Kier molecular flexibility index (Phi) is 9.42. The molecule has 1 fully saturated rings. The molecule has 1 saturated heterocycles. The zero-order chi connectivity index (χ0) is 23.4. The van der Waals surface area contributed by atoms with Crippen LogP contribution >= 0.6 is 23.3 Å². The van der Waals surface area contributed by atoms with E-state index in [-0.39, 0.29) is 76.5 Å². The average molecular weight is 504 g/mol. The number of carbonyl (C=O) groups excluding carboxylic acids is 4. The number of thioether (sulfide) groups is 1. The molecule has 0 bridgehead atoms. The summed E-state index contributed by atoms with van der Waals surface area (Å²) in [5.41, 5.74) is 5.10. The van der Waals surface area contributed by atoms with Crippen molar-refractivity contribution < 1.29 is 63.4 Å². The number of hydrogen-bond acceptors (Lipinski definition) is 13. The van der Waals surface area contributed by atoms with E-state index < -0.39 is 35.2 Å². The van der Waals surface area contributed by atoms with Crippen molar-refractivity contribution in [2.75, 3.05) is 24.7 Å². The molecular formula is C17H17N6NaO7S2. The van der Waals surface area contributed by atoms with Gasteiger partial charge in [0.05, 0.1) is 11.7 Å². The van der Waals surface area contributed by atoms with Crippen LogP contribution in [0, 0.1) is 0 Å². The molecule has 0 spiro atoms. The summed E-state index contributed by atoms with van der Waals surface area (Å²) in [6, 6.07) is -1.04. The van der Waals surface area contributed by atoms with Crippen molar-refractivity contribution in [3.8, 4) is 0 Å². The van der Waals surface area contributed by atoms with Crippen LogP contribution in [0.4, 0.5) is 5.13 Å². The third-order valence-electron chi connectivity index (χ3n) is 4.19. The van der Waals surface area contributed by atoms with Crippen molar-refractivity contribution in [3.63, 3.8) is 0 Å². The van der Waals surface area contributed by atoms with Gasteiger partial charge in [-0.05, 0) is 0 Å². The molecule has 13 nitrogen and oxygen atoms in total. The molecule has 0 saturated carbocycles. The van der Waals surface area contributed by atoms with Gasteiger partial charge in [-0.25, -0.2) is 0 Å². The van der Waals surface area contributed by atoms with Crippen molar-refractivity contribution in [1.82, 2.24) is 19.6 Å². The summed E-state index contributed by atoms with van der Waals surface area (Å²) in [5, 5.41) is 17.2. The second kappa shape index (κ2) is 11.6. The molecule has 170 valence electrons. The number of nitrogens with zero attached hydrogens (tertiary/aromatic N) is 4. The van der Waals surface area contributed by atoms with E-state index in [1.54, 1.807) is 0 Å². The summed E-state index contributed by atoms with van der Waals surface area (Å²) in [7, 11) is 0. The minimum atomic E-state index is -1.59. The molecule has 2 aliphatic rings. The van der Waals surface area contributed by atoms with Crippen molar-refractivity contribution >= 4 is 57.9 Å². The molecular weight excluding hydrogens is 487 g/mol. The number of nitrogens with two attached hydrogens (primary N) is 1. The number of carboxylic acids is 1. The predicted molar refractivity (Wildman–Crippen MR) is 111 cm³/mol. The Bertz CT molecular complexity index is 1040. The second-order valence-corrected chi connectivity index (χ2v) is 8.25. The summed E-state index contributed by atoms with van der Waals surface area (Å²) >= 11 is 2.04. The summed E-state index contributed by atoms with van der Waals surface area (Å²) in [5.74, 6) is -3.59. The second-order valence-electron chi connectivity index (χ2n) is 6.36. The minimum absolute atomic E-state index is 0. The molecule has 33 heavy (non-hydrogen) atoms. The van der Waals surface area contributed by atoms with Gasteiger partial charge in [0, 0.05) is 29.8 Å². The number of oxime groups is 1. The first-order valence-corrected chi connectivity index (χ1v) is 10.8. The summed E-state index contributed by atoms with van der Waals surface area (Å²) in [6.45, 7) is 4.38. The molecule has 1 unspecified atom stereocenters. The number of aromatic nitrogens is 2. The van der Waals surface area contributed by atoms with Crippen LogP contribution in [-0.2, 0) is 28.8 Å². The topological polar surface area (TPSA) is 189 Å². The fraction of sp³-hybridized carbons (Fsp3) is 0.353. The maximum atomic E-state index is 12.8. The van der Waals surface area contributed by atoms with Gasteiger partial charge >= 0.3 is 35.5 Å². The van der Waals surface area contributed by atoms with Gasteiger partial charge in [0.15, 0.2) is 5.13 Å². The molecule has 0 aliphatic carbocycles. The normalized spacial score (nSPS) is 19.6. The Morgan fingerprint density at radius 1 is 1.45 bits per heavy atom. The van der Waals surface area contributed by atoms with E-state index in [0.717, 1.165) is 16.4 Å². The zero-order valence-electron chi connectivity index (χ0n) is 17.6. The number of nitrogens with one attached hydrogen (secondary N) is 1. The van der Waals surface area contributed by atoms with E-state index in [1.165, 1.54) is 24.8 Å². The predicted octanol–water partition coefficient (Wildman–Crippen LogP) is -5.00. The fourth-order valence-corrected chi connectivity index (χ4v) is 4.61. The van der Waals surface area contributed by atoms with Crippen molar-refractivity contribution in [2.24, 2.45) is 5.16 Å². The molecule has 16 heteroatoms. The third-order valence-corrected chi connectivity index (χ3v) is 6.08. The number of ether oxygens (including phenoxy) is 1. The number of β-lactam (4-membered cyclic amide) rings is 1. The van der Waals surface area contributed by atoms with Gasteiger partial charge in [-0.3, -0.25) is 19.3 Å². The Labute approximate surface area is 217 Å². The largest absolute Gasteiger partial charge is 1.00 e. The monoisotopic (exact) mass is 504 g/mol. The Balaban J connectivity index is 0.00000385. The zero-order valence-corrected chi connectivity index (χ0v) is 21.2. The molecule has 3 rings (SSSR count). The van der Waals surface area contributed by atoms with Gasteiger partial charge in [0.2, 0.25) is 11.5 Å². The van der Waals surface area contributed by atoms with E-state index in [2.05, 4.69) is 26.4 Å². The van der Waals surface area contributed by atoms with Gasteiger partial charge in [0.1, 0.15) is 24.6 Å².